The summed E-state index contributed by atoms with van der Waals surface area (Å²) in [5, 5.41) is 9.70. The molecule has 1 fully saturated rings. The molecule has 1 aliphatic rings. The first-order chi connectivity index (χ1) is 13.5. The Morgan fingerprint density at radius 3 is 3.00 bits per heavy atom. The maximum atomic E-state index is 12.6. The highest BCUT2D eigenvalue weighted by Crippen LogP contribution is 2.10. The lowest BCUT2D eigenvalue weighted by molar-refractivity contribution is -0.150. The Morgan fingerprint density at radius 1 is 1.43 bits per heavy atom. The number of carbonyl (C=O) groups is 2. The molecule has 1 aliphatic heterocycles. The molecule has 9 heteroatoms. The van der Waals surface area contributed by atoms with Gasteiger partial charge in [-0.05, 0) is 26.0 Å². The lowest BCUT2D eigenvalue weighted by Gasteiger charge is -2.37. The van der Waals surface area contributed by atoms with Gasteiger partial charge >= 0.3 is 0 Å². The van der Waals surface area contributed by atoms with Crippen LogP contribution in [0.15, 0.2) is 29.1 Å². The highest BCUT2D eigenvalue weighted by molar-refractivity contribution is 5.95. The number of aromatic nitrogens is 2. The van der Waals surface area contributed by atoms with Gasteiger partial charge in [-0.3, -0.25) is 19.5 Å². The van der Waals surface area contributed by atoms with Gasteiger partial charge in [-0.15, -0.1) is 0 Å². The van der Waals surface area contributed by atoms with Crippen LogP contribution >= 0.6 is 0 Å². The molecule has 2 atom stereocenters. The standard InChI is InChI=1S/C19H24N4O5/c1-3-28-12(2)19(26)23-8-9-27-11-13(23)10-20-18(25)16-17(24)14-6-4-5-7-15(14)21-22-16/h4-7,12-13H,3,8-11H2,1-2H3,(H,20,25)(H,21,24). The lowest BCUT2D eigenvalue weighted by atomic mass is 10.1. The Labute approximate surface area is 162 Å². The van der Waals surface area contributed by atoms with Gasteiger partial charge in [0.1, 0.15) is 6.10 Å². The predicted molar refractivity (Wildman–Crippen MR) is 102 cm³/mol. The molecule has 2 unspecified atom stereocenters. The Hall–Kier alpha value is -2.78. The first kappa shape index (κ1) is 20.0. The van der Waals surface area contributed by atoms with Crippen LogP contribution in [0.25, 0.3) is 10.9 Å². The molecule has 0 radical (unpaired) electrons. The summed E-state index contributed by atoms with van der Waals surface area (Å²) in [6.07, 6.45) is -0.564. The van der Waals surface area contributed by atoms with Gasteiger partial charge in [-0.1, -0.05) is 12.1 Å². The summed E-state index contributed by atoms with van der Waals surface area (Å²) in [5.74, 6) is -0.742. The molecule has 0 spiro atoms. The molecule has 2 heterocycles. The molecule has 2 aromatic rings. The summed E-state index contributed by atoms with van der Waals surface area (Å²) in [5.41, 5.74) is -0.0907. The van der Waals surface area contributed by atoms with Crippen LogP contribution < -0.4 is 10.7 Å². The first-order valence-corrected chi connectivity index (χ1v) is 9.28. The molecular weight excluding hydrogens is 364 g/mol. The van der Waals surface area contributed by atoms with Crippen molar-refractivity contribution < 1.29 is 19.1 Å². The van der Waals surface area contributed by atoms with Crippen molar-refractivity contribution in [1.29, 1.82) is 0 Å². The van der Waals surface area contributed by atoms with Gasteiger partial charge in [-0.2, -0.15) is 5.10 Å². The van der Waals surface area contributed by atoms with Gasteiger partial charge in [0, 0.05) is 25.1 Å². The number of nitrogens with one attached hydrogen (secondary N) is 2. The van der Waals surface area contributed by atoms with Crippen molar-refractivity contribution in [2.45, 2.75) is 26.0 Å². The van der Waals surface area contributed by atoms with Gasteiger partial charge in [-0.25, -0.2) is 0 Å². The van der Waals surface area contributed by atoms with Crippen molar-refractivity contribution in [2.75, 3.05) is 32.9 Å². The SMILES string of the molecule is CCOC(C)C(=O)N1CCOCC1CNC(=O)c1n[nH]c2ccccc2c1=O. The van der Waals surface area contributed by atoms with E-state index in [0.717, 1.165) is 0 Å². The Morgan fingerprint density at radius 2 is 2.21 bits per heavy atom. The van der Waals surface area contributed by atoms with E-state index in [1.54, 1.807) is 36.1 Å². The van der Waals surface area contributed by atoms with Crippen molar-refractivity contribution >= 4 is 22.7 Å². The van der Waals surface area contributed by atoms with Crippen LogP contribution in [0.3, 0.4) is 0 Å². The molecule has 2 amide bonds. The number of ether oxygens (including phenoxy) is 2. The van der Waals surface area contributed by atoms with Gasteiger partial charge in [0.2, 0.25) is 5.43 Å². The fraction of sp³-hybridized carbons (Fsp3) is 0.474. The third kappa shape index (κ3) is 4.20. The minimum atomic E-state index is -0.595. The number of hydrogen-bond donors (Lipinski definition) is 2. The number of rotatable bonds is 6. The highest BCUT2D eigenvalue weighted by atomic mass is 16.5. The van der Waals surface area contributed by atoms with Crippen molar-refractivity contribution in [3.8, 4) is 0 Å². The number of aromatic amines is 1. The molecule has 28 heavy (non-hydrogen) atoms. The lowest BCUT2D eigenvalue weighted by Crippen LogP contribution is -2.56. The Bertz CT molecular complexity index is 913. The van der Waals surface area contributed by atoms with Crippen LogP contribution in [-0.4, -0.2) is 72.0 Å². The van der Waals surface area contributed by atoms with Crippen LogP contribution in [0, 0.1) is 0 Å². The number of benzene rings is 1. The van der Waals surface area contributed by atoms with Crippen LogP contribution in [0.2, 0.25) is 0 Å². The van der Waals surface area contributed by atoms with Gasteiger partial charge in [0.05, 0.1) is 24.8 Å². The molecule has 1 aromatic heterocycles. The number of morpholine rings is 1. The normalized spacial score (nSPS) is 18.1. The van der Waals surface area contributed by atoms with Crippen molar-refractivity contribution in [3.05, 3.63) is 40.2 Å². The number of para-hydroxylation sites is 1. The van der Waals surface area contributed by atoms with E-state index < -0.39 is 17.4 Å². The van der Waals surface area contributed by atoms with Crippen molar-refractivity contribution in [3.63, 3.8) is 0 Å². The van der Waals surface area contributed by atoms with Crippen molar-refractivity contribution in [2.24, 2.45) is 0 Å². The second-order valence-corrected chi connectivity index (χ2v) is 6.51. The van der Waals surface area contributed by atoms with Gasteiger partial charge in [0.25, 0.3) is 11.8 Å². The molecular formula is C19H24N4O5. The monoisotopic (exact) mass is 388 g/mol. The number of nitrogens with zero attached hydrogens (tertiary/aromatic N) is 2. The molecule has 3 rings (SSSR count). The summed E-state index contributed by atoms with van der Waals surface area (Å²) in [6, 6.07) is 6.51. The fourth-order valence-electron chi connectivity index (χ4n) is 3.19. The summed E-state index contributed by atoms with van der Waals surface area (Å²) in [4.78, 5) is 39.2. The average molecular weight is 388 g/mol. The maximum Gasteiger partial charge on any atom is 0.275 e. The minimum Gasteiger partial charge on any atom is -0.377 e. The zero-order valence-electron chi connectivity index (χ0n) is 15.9. The van der Waals surface area contributed by atoms with E-state index in [9.17, 15) is 14.4 Å². The molecule has 2 N–H and O–H groups in total. The van der Waals surface area contributed by atoms with E-state index in [4.69, 9.17) is 9.47 Å². The average Bonchev–Trinajstić information content (AvgIpc) is 2.72. The van der Waals surface area contributed by atoms with E-state index in [1.165, 1.54) is 0 Å². The second kappa shape index (κ2) is 8.94. The van der Waals surface area contributed by atoms with Crippen LogP contribution in [0.5, 0.6) is 0 Å². The largest absolute Gasteiger partial charge is 0.377 e. The second-order valence-electron chi connectivity index (χ2n) is 6.51. The minimum absolute atomic E-state index is 0.147. The number of fused-ring (bicyclic) bond motifs is 1. The number of hydrogen-bond acceptors (Lipinski definition) is 6. The predicted octanol–water partition coefficient (Wildman–Crippen LogP) is 0.305. The summed E-state index contributed by atoms with van der Waals surface area (Å²) < 4.78 is 10.8. The molecule has 150 valence electrons. The number of H-pyrrole nitrogens is 1. The van der Waals surface area contributed by atoms with Crippen LogP contribution in [0.1, 0.15) is 24.3 Å². The molecule has 0 aliphatic carbocycles. The summed E-state index contributed by atoms with van der Waals surface area (Å²) in [7, 11) is 0. The van der Waals surface area contributed by atoms with E-state index in [0.29, 0.717) is 37.3 Å². The molecule has 1 aromatic carbocycles. The van der Waals surface area contributed by atoms with Crippen molar-refractivity contribution in [1.82, 2.24) is 20.4 Å². The maximum absolute atomic E-state index is 12.6. The third-order valence-electron chi connectivity index (χ3n) is 4.66. The van der Waals surface area contributed by atoms with Crippen LogP contribution in [-0.2, 0) is 14.3 Å². The van der Waals surface area contributed by atoms with Crippen LogP contribution in [0.4, 0.5) is 0 Å². The number of amides is 2. The van der Waals surface area contributed by atoms with Gasteiger partial charge < -0.3 is 19.7 Å². The smallest absolute Gasteiger partial charge is 0.275 e. The Kier molecular flexibility index (Phi) is 6.37. The van der Waals surface area contributed by atoms with E-state index >= 15 is 0 Å². The summed E-state index contributed by atoms with van der Waals surface area (Å²) >= 11 is 0. The third-order valence-corrected chi connectivity index (χ3v) is 4.66. The topological polar surface area (TPSA) is 114 Å². The molecule has 0 bridgehead atoms. The number of carbonyl (C=O) groups excluding carboxylic acids is 2. The summed E-state index contributed by atoms with van der Waals surface area (Å²) in [6.45, 7) is 5.27. The fourth-order valence-corrected chi connectivity index (χ4v) is 3.19. The quantitative estimate of drug-likeness (QED) is 0.736. The molecule has 1 saturated heterocycles. The van der Waals surface area contributed by atoms with E-state index in [2.05, 4.69) is 15.5 Å². The molecule has 0 saturated carbocycles. The molecule has 9 nitrogen and oxygen atoms in total. The highest BCUT2D eigenvalue weighted by Gasteiger charge is 2.31. The van der Waals surface area contributed by atoms with Gasteiger partial charge in [0.15, 0.2) is 5.69 Å². The van der Waals surface area contributed by atoms with E-state index in [-0.39, 0.29) is 24.2 Å². The van der Waals surface area contributed by atoms with E-state index in [1.807, 2.05) is 6.92 Å². The first-order valence-electron chi connectivity index (χ1n) is 9.28. The Balaban J connectivity index is 1.70. The zero-order valence-corrected chi connectivity index (χ0v) is 15.9. The zero-order chi connectivity index (χ0) is 20.1.